The smallest absolute Gasteiger partial charge is 0.328 e. The lowest BCUT2D eigenvalue weighted by Gasteiger charge is -2.26. The molecule has 1 unspecified atom stereocenters. The zero-order valence-electron chi connectivity index (χ0n) is 8.76. The highest BCUT2D eigenvalue weighted by molar-refractivity contribution is 6.06. The first-order chi connectivity index (χ1) is 7.11. The molecule has 1 aliphatic rings. The van der Waals surface area contributed by atoms with E-state index in [0.717, 1.165) is 0 Å². The lowest BCUT2D eigenvalue weighted by Crippen LogP contribution is -2.53. The maximum absolute atomic E-state index is 12.5. The normalized spacial score (nSPS) is 22.2. The van der Waals surface area contributed by atoms with Crippen LogP contribution < -0.4 is 11.1 Å². The highest BCUT2D eigenvalue weighted by atomic mass is 19.4. The lowest BCUT2D eigenvalue weighted by molar-refractivity contribution is -0.178. The Morgan fingerprint density at radius 3 is 2.19 bits per heavy atom. The molecule has 1 rings (SSSR count). The van der Waals surface area contributed by atoms with Gasteiger partial charge < -0.3 is 11.1 Å². The van der Waals surface area contributed by atoms with Gasteiger partial charge in [0, 0.05) is 6.54 Å². The Labute approximate surface area is 89.8 Å². The van der Waals surface area contributed by atoms with Gasteiger partial charge in [0.1, 0.15) is 11.6 Å². The second-order valence-corrected chi connectivity index (χ2v) is 4.02. The van der Waals surface area contributed by atoms with Gasteiger partial charge in [-0.15, -0.1) is 0 Å². The van der Waals surface area contributed by atoms with Crippen molar-refractivity contribution < 1.29 is 22.8 Å². The zero-order valence-corrected chi connectivity index (χ0v) is 8.76. The van der Waals surface area contributed by atoms with Crippen LogP contribution in [0.5, 0.6) is 0 Å². The van der Waals surface area contributed by atoms with E-state index in [-0.39, 0.29) is 4.90 Å². The van der Waals surface area contributed by atoms with E-state index >= 15 is 0 Å². The van der Waals surface area contributed by atoms with Gasteiger partial charge in [0.15, 0.2) is 0 Å². The zero-order chi connectivity index (χ0) is 12.7. The van der Waals surface area contributed by atoms with Gasteiger partial charge in [0.05, 0.1) is 0 Å². The number of alkyl halides is 3. The number of amides is 3. The number of imide groups is 1. The Balaban J connectivity index is 3.05. The standard InChI is InChI=1S/C8H12F3N3O2/c1-7(2)5(15)14(6(16)13-7)4(3-12)8(9,10)11/h4H,3,12H2,1-2H3,(H,13,16). The third-order valence-corrected chi connectivity index (χ3v) is 2.30. The number of rotatable bonds is 2. The van der Waals surface area contributed by atoms with Crippen LogP contribution in [0.2, 0.25) is 0 Å². The SMILES string of the molecule is CC1(C)NC(=O)N(C(CN)C(F)(F)F)C1=O. The quantitative estimate of drug-likeness (QED) is 0.676. The minimum absolute atomic E-state index is 0.139. The summed E-state index contributed by atoms with van der Waals surface area (Å²) < 4.78 is 37.6. The van der Waals surface area contributed by atoms with Gasteiger partial charge in [-0.1, -0.05) is 0 Å². The highest BCUT2D eigenvalue weighted by Gasteiger charge is 2.54. The van der Waals surface area contributed by atoms with Gasteiger partial charge in [-0.2, -0.15) is 13.2 Å². The Bertz CT molecular complexity index is 327. The van der Waals surface area contributed by atoms with Crippen LogP contribution >= 0.6 is 0 Å². The number of hydrogen-bond acceptors (Lipinski definition) is 3. The van der Waals surface area contributed by atoms with E-state index in [9.17, 15) is 22.8 Å². The molecule has 1 atom stereocenters. The molecule has 0 aromatic carbocycles. The van der Waals surface area contributed by atoms with Crippen molar-refractivity contribution >= 4 is 11.9 Å². The van der Waals surface area contributed by atoms with Crippen molar-refractivity contribution in [2.45, 2.75) is 31.6 Å². The molecule has 1 fully saturated rings. The molecule has 16 heavy (non-hydrogen) atoms. The molecular weight excluding hydrogens is 227 g/mol. The van der Waals surface area contributed by atoms with Crippen molar-refractivity contribution in [1.82, 2.24) is 10.2 Å². The first-order valence-electron chi connectivity index (χ1n) is 4.54. The number of halogens is 3. The Kier molecular flexibility index (Phi) is 2.88. The number of nitrogens with one attached hydrogen (secondary N) is 1. The topological polar surface area (TPSA) is 75.4 Å². The van der Waals surface area contributed by atoms with E-state index in [1.54, 1.807) is 0 Å². The summed E-state index contributed by atoms with van der Waals surface area (Å²) in [6.45, 7) is 1.81. The number of urea groups is 1. The van der Waals surface area contributed by atoms with Crippen molar-refractivity contribution in [3.8, 4) is 0 Å². The molecular formula is C8H12F3N3O2. The van der Waals surface area contributed by atoms with Gasteiger partial charge in [-0.3, -0.25) is 4.79 Å². The van der Waals surface area contributed by atoms with Crippen molar-refractivity contribution in [2.75, 3.05) is 6.54 Å². The fourth-order valence-corrected chi connectivity index (χ4v) is 1.44. The number of nitrogens with two attached hydrogens (primary N) is 1. The number of nitrogens with zero attached hydrogens (tertiary/aromatic N) is 1. The van der Waals surface area contributed by atoms with E-state index in [4.69, 9.17) is 5.73 Å². The molecule has 5 nitrogen and oxygen atoms in total. The van der Waals surface area contributed by atoms with Crippen molar-refractivity contribution in [2.24, 2.45) is 5.73 Å². The van der Waals surface area contributed by atoms with E-state index in [2.05, 4.69) is 5.32 Å². The summed E-state index contributed by atoms with van der Waals surface area (Å²) in [5.74, 6) is -0.926. The largest absolute Gasteiger partial charge is 0.410 e. The van der Waals surface area contributed by atoms with Crippen LogP contribution in [-0.4, -0.2) is 41.1 Å². The van der Waals surface area contributed by atoms with Crippen LogP contribution in [0.15, 0.2) is 0 Å². The molecule has 0 aromatic heterocycles. The van der Waals surface area contributed by atoms with Crippen LogP contribution in [-0.2, 0) is 4.79 Å². The first-order valence-corrected chi connectivity index (χ1v) is 4.54. The highest BCUT2D eigenvalue weighted by Crippen LogP contribution is 2.29. The van der Waals surface area contributed by atoms with E-state index in [1.807, 2.05) is 0 Å². The Morgan fingerprint density at radius 2 is 1.94 bits per heavy atom. The van der Waals surface area contributed by atoms with Crippen LogP contribution in [0, 0.1) is 0 Å². The molecule has 1 saturated heterocycles. The number of hydrogen-bond donors (Lipinski definition) is 2. The van der Waals surface area contributed by atoms with Crippen molar-refractivity contribution in [3.63, 3.8) is 0 Å². The summed E-state index contributed by atoms with van der Waals surface area (Å²) in [5.41, 5.74) is 3.63. The van der Waals surface area contributed by atoms with E-state index in [0.29, 0.717) is 0 Å². The number of carbonyl (C=O) groups excluding carboxylic acids is 2. The second-order valence-electron chi connectivity index (χ2n) is 4.02. The molecule has 0 spiro atoms. The van der Waals surface area contributed by atoms with Gasteiger partial charge in [0.25, 0.3) is 5.91 Å². The molecule has 0 saturated carbocycles. The molecule has 8 heteroatoms. The first kappa shape index (κ1) is 12.8. The Morgan fingerprint density at radius 1 is 1.44 bits per heavy atom. The Hall–Kier alpha value is -1.31. The molecule has 0 aliphatic carbocycles. The average molecular weight is 239 g/mol. The fourth-order valence-electron chi connectivity index (χ4n) is 1.44. The molecule has 0 radical (unpaired) electrons. The van der Waals surface area contributed by atoms with Crippen LogP contribution in [0.4, 0.5) is 18.0 Å². The lowest BCUT2D eigenvalue weighted by atomic mass is 10.1. The molecule has 1 heterocycles. The molecule has 3 N–H and O–H groups in total. The second kappa shape index (κ2) is 3.62. The van der Waals surface area contributed by atoms with E-state index < -0.39 is 36.2 Å². The summed E-state index contributed by atoms with van der Waals surface area (Å²) in [7, 11) is 0. The predicted molar refractivity (Wildman–Crippen MR) is 48.4 cm³/mol. The van der Waals surface area contributed by atoms with E-state index in [1.165, 1.54) is 13.8 Å². The summed E-state index contributed by atoms with van der Waals surface area (Å²) >= 11 is 0. The molecule has 0 bridgehead atoms. The minimum atomic E-state index is -4.72. The molecule has 92 valence electrons. The van der Waals surface area contributed by atoms with Crippen molar-refractivity contribution in [1.29, 1.82) is 0 Å². The number of carbonyl (C=O) groups is 2. The summed E-state index contributed by atoms with van der Waals surface area (Å²) in [4.78, 5) is 23.0. The minimum Gasteiger partial charge on any atom is -0.328 e. The van der Waals surface area contributed by atoms with Crippen LogP contribution in [0.3, 0.4) is 0 Å². The summed E-state index contributed by atoms with van der Waals surface area (Å²) in [5, 5.41) is 2.16. The molecule has 0 aromatic rings. The maximum atomic E-state index is 12.5. The van der Waals surface area contributed by atoms with Crippen LogP contribution in [0.25, 0.3) is 0 Å². The monoisotopic (exact) mass is 239 g/mol. The van der Waals surface area contributed by atoms with Crippen LogP contribution in [0.1, 0.15) is 13.8 Å². The van der Waals surface area contributed by atoms with Gasteiger partial charge >= 0.3 is 12.2 Å². The third kappa shape index (κ3) is 1.97. The fraction of sp³-hybridized carbons (Fsp3) is 0.750. The predicted octanol–water partition coefficient (Wildman–Crippen LogP) is 0.206. The average Bonchev–Trinajstić information content (AvgIpc) is 2.26. The van der Waals surface area contributed by atoms with Gasteiger partial charge in [-0.05, 0) is 13.8 Å². The van der Waals surface area contributed by atoms with Crippen molar-refractivity contribution in [3.05, 3.63) is 0 Å². The maximum Gasteiger partial charge on any atom is 0.410 e. The summed E-state index contributed by atoms with van der Waals surface area (Å²) in [6, 6.07) is -3.34. The van der Waals surface area contributed by atoms with Gasteiger partial charge in [0.2, 0.25) is 0 Å². The van der Waals surface area contributed by atoms with Gasteiger partial charge in [-0.25, -0.2) is 9.69 Å². The molecule has 1 aliphatic heterocycles. The summed E-state index contributed by atoms with van der Waals surface area (Å²) in [6.07, 6.45) is -4.72. The molecule has 3 amide bonds. The third-order valence-electron chi connectivity index (χ3n) is 2.30.